The van der Waals surface area contributed by atoms with Crippen molar-refractivity contribution in [3.05, 3.63) is 34.9 Å². The average molecular weight is 331 g/mol. The van der Waals surface area contributed by atoms with Crippen LogP contribution in [0.3, 0.4) is 0 Å². The molecule has 3 rings (SSSR count). The molecule has 0 amide bonds. The molecule has 0 radical (unpaired) electrons. The van der Waals surface area contributed by atoms with Crippen LogP contribution in [0.4, 0.5) is 0 Å². The normalized spacial score (nSPS) is 24.2. The van der Waals surface area contributed by atoms with Crippen LogP contribution in [0.2, 0.25) is 0 Å². The van der Waals surface area contributed by atoms with E-state index >= 15 is 0 Å². The Bertz CT molecular complexity index is 666. The molecule has 0 bridgehead atoms. The van der Waals surface area contributed by atoms with Gasteiger partial charge in [0.2, 0.25) is 0 Å². The van der Waals surface area contributed by atoms with Crippen molar-refractivity contribution in [3.63, 3.8) is 0 Å². The van der Waals surface area contributed by atoms with Crippen molar-refractivity contribution in [3.8, 4) is 6.07 Å². The molecular formula is C18H25N3OS. The van der Waals surface area contributed by atoms with Gasteiger partial charge in [-0.15, -0.1) is 0 Å². The van der Waals surface area contributed by atoms with Crippen LogP contribution in [-0.2, 0) is 17.4 Å². The molecule has 5 heteroatoms. The van der Waals surface area contributed by atoms with Gasteiger partial charge in [0, 0.05) is 0 Å². The van der Waals surface area contributed by atoms with Crippen LogP contribution in [-0.4, -0.2) is 22.0 Å². The fourth-order valence-electron chi connectivity index (χ4n) is 3.82. The van der Waals surface area contributed by atoms with Gasteiger partial charge in [0.05, 0.1) is 33.4 Å². The second kappa shape index (κ2) is 6.01. The molecule has 1 saturated heterocycles. The van der Waals surface area contributed by atoms with Crippen LogP contribution in [0.25, 0.3) is 0 Å². The Morgan fingerprint density at radius 2 is 2.04 bits per heavy atom. The van der Waals surface area contributed by atoms with E-state index in [4.69, 9.17) is 0 Å². The summed E-state index contributed by atoms with van der Waals surface area (Å²) in [7, 11) is -1.12. The minimum Gasteiger partial charge on any atom is -0.317 e. The first-order valence-corrected chi connectivity index (χ1v) is 9.43. The van der Waals surface area contributed by atoms with E-state index in [1.54, 1.807) is 0 Å². The quantitative estimate of drug-likeness (QED) is 0.875. The van der Waals surface area contributed by atoms with Gasteiger partial charge in [-0.2, -0.15) is 5.26 Å². The first-order chi connectivity index (χ1) is 10.9. The summed E-state index contributed by atoms with van der Waals surface area (Å²) in [5.74, 6) is 0. The van der Waals surface area contributed by atoms with Gasteiger partial charge in [-0.25, -0.2) is 8.93 Å². The molecule has 1 aliphatic heterocycles. The highest BCUT2D eigenvalue weighted by Crippen LogP contribution is 2.52. The maximum absolute atomic E-state index is 12.7. The zero-order valence-electron chi connectivity index (χ0n) is 14.1. The molecule has 2 N–H and O–H groups in total. The highest BCUT2D eigenvalue weighted by atomic mass is 32.2. The summed E-state index contributed by atoms with van der Waals surface area (Å²) in [6, 6.07) is 8.35. The number of fused-ring (bicyclic) bond motifs is 1. The number of piperidine rings is 1. The van der Waals surface area contributed by atoms with E-state index in [2.05, 4.69) is 22.2 Å². The maximum Gasteiger partial charge on any atom is 0.0994 e. The number of benzene rings is 1. The molecule has 0 aromatic heterocycles. The minimum absolute atomic E-state index is 0.0629. The van der Waals surface area contributed by atoms with E-state index in [1.165, 1.54) is 5.56 Å². The highest BCUT2D eigenvalue weighted by Gasteiger charge is 2.48. The van der Waals surface area contributed by atoms with E-state index in [1.807, 2.05) is 32.9 Å². The van der Waals surface area contributed by atoms with Crippen molar-refractivity contribution in [2.45, 2.75) is 50.8 Å². The lowest BCUT2D eigenvalue weighted by Gasteiger charge is -2.40. The standard InChI is InChI=1S/C18H25N3OS/c1-17(2,3)23(22)21-16-14-6-4-5-13(12-19)15(14)11-18(16)7-9-20-10-8-18/h4-6,16,20-21H,7-11H2,1-3H3/t16-,23?/m1/s1. The van der Waals surface area contributed by atoms with Gasteiger partial charge in [0.25, 0.3) is 0 Å². The summed E-state index contributed by atoms with van der Waals surface area (Å²) in [6.45, 7) is 7.94. The van der Waals surface area contributed by atoms with Crippen LogP contribution >= 0.6 is 0 Å². The minimum atomic E-state index is -1.12. The molecule has 124 valence electrons. The fourth-order valence-corrected chi connectivity index (χ4v) is 4.77. The Morgan fingerprint density at radius 3 is 2.65 bits per heavy atom. The molecule has 0 saturated carbocycles. The zero-order chi connectivity index (χ0) is 16.7. The van der Waals surface area contributed by atoms with E-state index in [9.17, 15) is 9.47 Å². The summed E-state index contributed by atoms with van der Waals surface area (Å²) < 4.78 is 15.9. The molecule has 4 nitrogen and oxygen atoms in total. The fraction of sp³-hybridized carbons (Fsp3) is 0.611. The number of hydrogen-bond acceptors (Lipinski definition) is 3. The average Bonchev–Trinajstić information content (AvgIpc) is 2.80. The van der Waals surface area contributed by atoms with Crippen molar-refractivity contribution < 1.29 is 4.21 Å². The van der Waals surface area contributed by atoms with Gasteiger partial charge in [-0.05, 0) is 75.7 Å². The third-order valence-electron chi connectivity index (χ3n) is 5.17. The van der Waals surface area contributed by atoms with Gasteiger partial charge in [-0.1, -0.05) is 12.1 Å². The maximum atomic E-state index is 12.7. The van der Waals surface area contributed by atoms with E-state index in [0.29, 0.717) is 0 Å². The van der Waals surface area contributed by atoms with Gasteiger partial charge >= 0.3 is 0 Å². The first-order valence-electron chi connectivity index (χ1n) is 8.28. The number of rotatable bonds is 2. The molecule has 2 aliphatic rings. The van der Waals surface area contributed by atoms with E-state index in [0.717, 1.165) is 43.5 Å². The van der Waals surface area contributed by atoms with Crippen LogP contribution in [0, 0.1) is 16.7 Å². The lowest BCUT2D eigenvalue weighted by Crippen LogP contribution is -2.46. The second-order valence-corrected chi connectivity index (χ2v) is 9.70. The van der Waals surface area contributed by atoms with Crippen LogP contribution in [0.5, 0.6) is 0 Å². The number of hydrogen-bond donors (Lipinski definition) is 2. The Morgan fingerprint density at radius 1 is 1.35 bits per heavy atom. The van der Waals surface area contributed by atoms with Crippen molar-refractivity contribution in [2.24, 2.45) is 5.41 Å². The molecule has 1 fully saturated rings. The van der Waals surface area contributed by atoms with Crippen LogP contribution < -0.4 is 10.0 Å². The SMILES string of the molecule is CC(C)(C)S(=O)N[C@@H]1c2cccc(C#N)c2CC12CCNCC2. The molecular weight excluding hydrogens is 306 g/mol. The van der Waals surface area contributed by atoms with Crippen molar-refractivity contribution in [1.29, 1.82) is 5.26 Å². The lowest BCUT2D eigenvalue weighted by molar-refractivity contribution is 0.164. The summed E-state index contributed by atoms with van der Waals surface area (Å²) >= 11 is 0. The van der Waals surface area contributed by atoms with Gasteiger partial charge in [0.1, 0.15) is 0 Å². The van der Waals surface area contributed by atoms with E-state index in [-0.39, 0.29) is 16.2 Å². The van der Waals surface area contributed by atoms with Gasteiger partial charge in [0.15, 0.2) is 0 Å². The highest BCUT2D eigenvalue weighted by molar-refractivity contribution is 7.84. The molecule has 1 aromatic carbocycles. The number of nitrogens with one attached hydrogen (secondary N) is 2. The molecule has 2 atom stereocenters. The van der Waals surface area contributed by atoms with Gasteiger partial charge < -0.3 is 5.32 Å². The molecule has 1 aliphatic carbocycles. The topological polar surface area (TPSA) is 64.9 Å². The Labute approximate surface area is 141 Å². The third-order valence-corrected chi connectivity index (χ3v) is 6.73. The van der Waals surface area contributed by atoms with Crippen molar-refractivity contribution in [1.82, 2.24) is 10.0 Å². The summed E-state index contributed by atoms with van der Waals surface area (Å²) in [6.07, 6.45) is 3.00. The first kappa shape index (κ1) is 16.6. The summed E-state index contributed by atoms with van der Waals surface area (Å²) in [4.78, 5) is 0. The summed E-state index contributed by atoms with van der Waals surface area (Å²) in [5.41, 5.74) is 3.16. The second-order valence-electron chi connectivity index (χ2n) is 7.71. The Kier molecular flexibility index (Phi) is 4.35. The zero-order valence-corrected chi connectivity index (χ0v) is 14.9. The molecule has 1 heterocycles. The molecule has 1 spiro atoms. The smallest absolute Gasteiger partial charge is 0.0994 e. The van der Waals surface area contributed by atoms with E-state index < -0.39 is 11.0 Å². The van der Waals surface area contributed by atoms with Crippen LogP contribution in [0.15, 0.2) is 18.2 Å². The predicted octanol–water partition coefficient (Wildman–Crippen LogP) is 2.58. The van der Waals surface area contributed by atoms with Gasteiger partial charge in [-0.3, -0.25) is 0 Å². The van der Waals surface area contributed by atoms with Crippen molar-refractivity contribution in [2.75, 3.05) is 13.1 Å². The molecule has 23 heavy (non-hydrogen) atoms. The lowest BCUT2D eigenvalue weighted by atomic mass is 9.73. The Hall–Kier alpha value is -1.22. The number of nitriles is 1. The predicted molar refractivity (Wildman–Crippen MR) is 93.2 cm³/mol. The Balaban J connectivity index is 2.02. The third kappa shape index (κ3) is 2.96. The summed E-state index contributed by atoms with van der Waals surface area (Å²) in [5, 5.41) is 12.9. The van der Waals surface area contributed by atoms with Crippen molar-refractivity contribution >= 4 is 11.0 Å². The number of nitrogens with zero attached hydrogens (tertiary/aromatic N) is 1. The molecule has 1 aromatic rings. The largest absolute Gasteiger partial charge is 0.317 e. The monoisotopic (exact) mass is 331 g/mol. The van der Waals surface area contributed by atoms with Crippen LogP contribution in [0.1, 0.15) is 56.3 Å². The molecule has 1 unspecified atom stereocenters.